The number of anilines is 1. The van der Waals surface area contributed by atoms with Crippen molar-refractivity contribution < 1.29 is 13.9 Å². The number of carbonyl (C=O) groups excluding carboxylic acids is 1. The van der Waals surface area contributed by atoms with Crippen LogP contribution in [0.4, 0.5) is 10.2 Å². The molecule has 30 heavy (non-hydrogen) atoms. The second-order valence-corrected chi connectivity index (χ2v) is 7.67. The summed E-state index contributed by atoms with van der Waals surface area (Å²) in [5.41, 5.74) is 7.41. The predicted octanol–water partition coefficient (Wildman–Crippen LogP) is 3.25. The van der Waals surface area contributed by atoms with Crippen LogP contribution in [0.25, 0.3) is 11.1 Å². The molecule has 9 heteroatoms. The number of ether oxygens (including phenoxy) is 1. The van der Waals surface area contributed by atoms with Gasteiger partial charge in [0.15, 0.2) is 5.54 Å². The molecule has 1 unspecified atom stereocenters. The van der Waals surface area contributed by atoms with E-state index in [4.69, 9.17) is 10.5 Å². The maximum Gasteiger partial charge on any atom is 0.257 e. The minimum absolute atomic E-state index is 0.0217. The Kier molecular flexibility index (Phi) is 5.29. The maximum absolute atomic E-state index is 14.5. The zero-order chi connectivity index (χ0) is 21.3. The van der Waals surface area contributed by atoms with Crippen molar-refractivity contribution in [2.75, 3.05) is 32.0 Å². The predicted molar refractivity (Wildman–Crippen MR) is 111 cm³/mol. The Hall–Kier alpha value is -3.20. The first-order chi connectivity index (χ1) is 14.4. The Balaban J connectivity index is 1.74. The number of carbonyl (C=O) groups is 1. The second kappa shape index (κ2) is 7.91. The van der Waals surface area contributed by atoms with Crippen molar-refractivity contribution in [3.8, 4) is 11.1 Å². The lowest BCUT2D eigenvalue weighted by atomic mass is 9.81. The summed E-state index contributed by atoms with van der Waals surface area (Å²) in [5.74, 6) is -0.545. The van der Waals surface area contributed by atoms with Crippen LogP contribution in [0.3, 0.4) is 0 Å². The van der Waals surface area contributed by atoms with Crippen molar-refractivity contribution in [3.05, 3.63) is 47.4 Å². The third-order valence-corrected chi connectivity index (χ3v) is 5.57. The average Bonchev–Trinajstić information content (AvgIpc) is 3.26. The molecular weight excluding hydrogens is 387 g/mol. The fourth-order valence-corrected chi connectivity index (χ4v) is 3.70. The highest BCUT2D eigenvalue weighted by Gasteiger charge is 2.39. The standard InChI is InChI=1S/C21H23FN6O2/c1-13(2)21(12-25-27-26-21)17-10-15(11-24-19(17)23)14-3-4-18(22)16(9-14)20(29)28-5-7-30-8-6-28/h3-4,9-13H,5-8H2,1-2H3,(H2,23,24). The maximum atomic E-state index is 14.5. The highest BCUT2D eigenvalue weighted by atomic mass is 19.1. The van der Waals surface area contributed by atoms with Gasteiger partial charge in [-0.1, -0.05) is 19.9 Å². The molecule has 2 aromatic rings. The number of amides is 1. The van der Waals surface area contributed by atoms with Gasteiger partial charge in [-0.05, 0) is 34.9 Å². The first kappa shape index (κ1) is 20.1. The highest BCUT2D eigenvalue weighted by Crippen LogP contribution is 2.39. The molecule has 1 fully saturated rings. The number of nitrogens with two attached hydrogens (primary N) is 1. The molecule has 1 saturated heterocycles. The van der Waals surface area contributed by atoms with Crippen molar-refractivity contribution in [1.82, 2.24) is 9.88 Å². The van der Waals surface area contributed by atoms with E-state index < -0.39 is 11.4 Å². The molecular formula is C21H23FN6O2. The van der Waals surface area contributed by atoms with Gasteiger partial charge in [0, 0.05) is 30.4 Å². The molecule has 0 bridgehead atoms. The molecule has 8 nitrogen and oxygen atoms in total. The SMILES string of the molecule is CC(C)C1(c2cc(-c3ccc(F)c(C(=O)N4CCOCC4)c3)cnc2N)C=NN=N1. The number of pyridine rings is 1. The van der Waals surface area contributed by atoms with Crippen molar-refractivity contribution in [1.29, 1.82) is 0 Å². The third-order valence-electron chi connectivity index (χ3n) is 5.57. The number of aromatic nitrogens is 1. The second-order valence-electron chi connectivity index (χ2n) is 7.67. The lowest BCUT2D eigenvalue weighted by Gasteiger charge is -2.27. The fraction of sp³-hybridized carbons (Fsp3) is 0.381. The summed E-state index contributed by atoms with van der Waals surface area (Å²) < 4.78 is 19.8. The Morgan fingerprint density at radius 3 is 2.67 bits per heavy atom. The van der Waals surface area contributed by atoms with E-state index in [9.17, 15) is 9.18 Å². The Morgan fingerprint density at radius 2 is 2.00 bits per heavy atom. The van der Waals surface area contributed by atoms with E-state index in [0.29, 0.717) is 48.8 Å². The van der Waals surface area contributed by atoms with Crippen LogP contribution in [0.5, 0.6) is 0 Å². The Bertz CT molecular complexity index is 1020. The van der Waals surface area contributed by atoms with E-state index in [-0.39, 0.29) is 17.4 Å². The fourth-order valence-electron chi connectivity index (χ4n) is 3.70. The molecule has 156 valence electrons. The molecule has 1 aromatic heterocycles. The Labute approximate surface area is 173 Å². The topological polar surface area (TPSA) is 106 Å². The lowest BCUT2D eigenvalue weighted by molar-refractivity contribution is 0.0300. The van der Waals surface area contributed by atoms with E-state index in [1.807, 2.05) is 19.9 Å². The summed E-state index contributed by atoms with van der Waals surface area (Å²) in [4.78, 5) is 18.7. The number of halogens is 1. The summed E-state index contributed by atoms with van der Waals surface area (Å²) in [7, 11) is 0. The van der Waals surface area contributed by atoms with Crippen LogP contribution >= 0.6 is 0 Å². The average molecular weight is 410 g/mol. The molecule has 1 atom stereocenters. The number of hydrogen-bond donors (Lipinski definition) is 1. The first-order valence-corrected chi connectivity index (χ1v) is 9.81. The zero-order valence-electron chi connectivity index (χ0n) is 16.9. The molecule has 2 aliphatic rings. The van der Waals surface area contributed by atoms with Crippen LogP contribution in [0.15, 0.2) is 45.9 Å². The number of nitrogen functional groups attached to an aromatic ring is 1. The number of nitrogens with zero attached hydrogens (tertiary/aromatic N) is 5. The first-order valence-electron chi connectivity index (χ1n) is 9.81. The molecule has 2 aliphatic heterocycles. The van der Waals surface area contributed by atoms with E-state index >= 15 is 0 Å². The van der Waals surface area contributed by atoms with Gasteiger partial charge in [0.2, 0.25) is 0 Å². The normalized spacial score (nSPS) is 20.9. The van der Waals surface area contributed by atoms with E-state index in [0.717, 1.165) is 0 Å². The van der Waals surface area contributed by atoms with Crippen molar-refractivity contribution in [2.45, 2.75) is 19.4 Å². The van der Waals surface area contributed by atoms with Crippen molar-refractivity contribution in [2.24, 2.45) is 21.4 Å². The number of benzene rings is 1. The quantitative estimate of drug-likeness (QED) is 0.835. The monoisotopic (exact) mass is 410 g/mol. The van der Waals surface area contributed by atoms with E-state index in [1.54, 1.807) is 29.4 Å². The molecule has 4 rings (SSSR count). The zero-order valence-corrected chi connectivity index (χ0v) is 16.9. The van der Waals surface area contributed by atoms with Gasteiger partial charge in [-0.25, -0.2) is 9.37 Å². The largest absolute Gasteiger partial charge is 0.383 e. The van der Waals surface area contributed by atoms with Gasteiger partial charge in [0.1, 0.15) is 11.6 Å². The number of hydrogen-bond acceptors (Lipinski definition) is 7. The summed E-state index contributed by atoms with van der Waals surface area (Å²) in [6.07, 6.45) is 3.26. The van der Waals surface area contributed by atoms with Crippen molar-refractivity contribution in [3.63, 3.8) is 0 Å². The number of morpholine rings is 1. The minimum Gasteiger partial charge on any atom is -0.383 e. The molecule has 1 amide bonds. The summed E-state index contributed by atoms with van der Waals surface area (Å²) >= 11 is 0. The molecule has 3 heterocycles. The smallest absolute Gasteiger partial charge is 0.257 e. The van der Waals surface area contributed by atoms with Gasteiger partial charge in [0.05, 0.1) is 25.0 Å². The molecule has 0 saturated carbocycles. The van der Waals surface area contributed by atoms with Gasteiger partial charge in [-0.2, -0.15) is 5.11 Å². The Morgan fingerprint density at radius 1 is 1.23 bits per heavy atom. The molecule has 0 spiro atoms. The van der Waals surface area contributed by atoms with E-state index in [1.165, 1.54) is 6.07 Å². The van der Waals surface area contributed by atoms with Crippen LogP contribution in [0.2, 0.25) is 0 Å². The van der Waals surface area contributed by atoms with E-state index in [2.05, 4.69) is 20.4 Å². The van der Waals surface area contributed by atoms with Crippen LogP contribution in [0, 0.1) is 11.7 Å². The molecule has 0 radical (unpaired) electrons. The van der Waals surface area contributed by atoms with Gasteiger partial charge < -0.3 is 15.4 Å². The van der Waals surface area contributed by atoms with Crippen molar-refractivity contribution >= 4 is 17.9 Å². The van der Waals surface area contributed by atoms with Crippen LogP contribution in [0.1, 0.15) is 29.8 Å². The summed E-state index contributed by atoms with van der Waals surface area (Å²) in [6, 6.07) is 6.33. The van der Waals surface area contributed by atoms with Crippen LogP contribution in [-0.2, 0) is 10.3 Å². The van der Waals surface area contributed by atoms with Gasteiger partial charge in [0.25, 0.3) is 5.91 Å². The number of rotatable bonds is 4. The van der Waals surface area contributed by atoms with Gasteiger partial charge >= 0.3 is 0 Å². The van der Waals surface area contributed by atoms with Crippen LogP contribution in [-0.4, -0.2) is 48.3 Å². The third kappa shape index (κ3) is 3.45. The molecule has 1 aromatic carbocycles. The van der Waals surface area contributed by atoms with Crippen LogP contribution < -0.4 is 5.73 Å². The lowest BCUT2D eigenvalue weighted by Crippen LogP contribution is -2.41. The van der Waals surface area contributed by atoms with Gasteiger partial charge in [-0.3, -0.25) is 4.79 Å². The van der Waals surface area contributed by atoms with Gasteiger partial charge in [-0.15, -0.1) is 5.10 Å². The highest BCUT2D eigenvalue weighted by molar-refractivity contribution is 5.96. The molecule has 0 aliphatic carbocycles. The minimum atomic E-state index is -0.806. The summed E-state index contributed by atoms with van der Waals surface area (Å²) in [5, 5.41) is 12.0. The molecule has 2 N–H and O–H groups in total. The summed E-state index contributed by atoms with van der Waals surface area (Å²) in [6.45, 7) is 5.78.